The molecule has 65 valence electrons. The zero-order valence-electron chi connectivity index (χ0n) is 6.84. The number of hydrogen-bond donors (Lipinski definition) is 2. The summed E-state index contributed by atoms with van der Waals surface area (Å²) in [7, 11) is 0. The van der Waals surface area contributed by atoms with Gasteiger partial charge in [-0.3, -0.25) is 4.79 Å². The number of carbonyl (C=O) groups is 1. The summed E-state index contributed by atoms with van der Waals surface area (Å²) in [4.78, 5) is 10.0. The van der Waals surface area contributed by atoms with E-state index in [-0.39, 0.29) is 6.42 Å². The van der Waals surface area contributed by atoms with Gasteiger partial charge in [0.05, 0.1) is 6.10 Å². The maximum atomic E-state index is 10.0. The van der Waals surface area contributed by atoms with Crippen molar-refractivity contribution in [2.24, 2.45) is 0 Å². The second-order valence-corrected chi connectivity index (χ2v) is 2.52. The molecule has 0 atom stereocenters. The van der Waals surface area contributed by atoms with Gasteiger partial charge < -0.3 is 10.2 Å². The minimum atomic E-state index is -0.763. The number of aliphatic hydroxyl groups excluding tert-OH is 1. The highest BCUT2D eigenvalue weighted by atomic mass is 16.4. The van der Waals surface area contributed by atoms with Crippen LogP contribution in [0.1, 0.15) is 39.0 Å². The molecule has 0 aliphatic rings. The number of aliphatic carboxylic acids is 1. The van der Waals surface area contributed by atoms with Gasteiger partial charge in [0.2, 0.25) is 0 Å². The first-order valence-electron chi connectivity index (χ1n) is 3.92. The Bertz CT molecular complexity index is 112. The molecule has 0 aliphatic heterocycles. The largest absolute Gasteiger partial charge is 0.481 e. The molecule has 0 aromatic heterocycles. The van der Waals surface area contributed by atoms with Gasteiger partial charge >= 0.3 is 5.97 Å². The number of carboxylic acids is 1. The van der Waals surface area contributed by atoms with Crippen LogP contribution in [0.2, 0.25) is 0 Å². The Morgan fingerprint density at radius 2 is 1.73 bits per heavy atom. The van der Waals surface area contributed by atoms with Gasteiger partial charge in [-0.15, -0.1) is 0 Å². The lowest BCUT2D eigenvalue weighted by atomic mass is 10.1. The predicted molar refractivity (Wildman–Crippen MR) is 41.6 cm³/mol. The zero-order valence-corrected chi connectivity index (χ0v) is 6.84. The molecule has 0 aliphatic carbocycles. The van der Waals surface area contributed by atoms with Crippen molar-refractivity contribution in [1.82, 2.24) is 0 Å². The Morgan fingerprint density at radius 1 is 1.18 bits per heavy atom. The highest BCUT2D eigenvalue weighted by Crippen LogP contribution is 2.11. The maximum absolute atomic E-state index is 10.0. The molecule has 0 bridgehead atoms. The normalized spacial score (nSPS) is 10.5. The average molecular weight is 159 g/mol. The van der Waals surface area contributed by atoms with Crippen molar-refractivity contribution < 1.29 is 15.0 Å². The summed E-state index contributed by atoms with van der Waals surface area (Å²) in [5.41, 5.74) is 0. The van der Waals surface area contributed by atoms with E-state index in [9.17, 15) is 4.79 Å². The van der Waals surface area contributed by atoms with Gasteiger partial charge in [-0.1, -0.05) is 6.92 Å². The number of rotatable bonds is 6. The first-order valence-corrected chi connectivity index (χ1v) is 3.92. The standard InChI is InChI=1S/C8H15O3/c1-2-7(9)5-3-4-6-8(10)11/h9H,2-6H2,1H3,(H,10,11). The highest BCUT2D eigenvalue weighted by Gasteiger charge is 2.02. The van der Waals surface area contributed by atoms with Crippen LogP contribution in [0, 0.1) is 6.10 Å². The minimum absolute atomic E-state index is 0.205. The molecule has 0 rings (SSSR count). The van der Waals surface area contributed by atoms with Crippen molar-refractivity contribution in [3.8, 4) is 0 Å². The molecule has 0 amide bonds. The summed E-state index contributed by atoms with van der Waals surface area (Å²) < 4.78 is 0. The van der Waals surface area contributed by atoms with E-state index in [4.69, 9.17) is 10.2 Å². The van der Waals surface area contributed by atoms with Gasteiger partial charge in [0.1, 0.15) is 0 Å². The van der Waals surface area contributed by atoms with Gasteiger partial charge in [-0.05, 0) is 25.7 Å². The summed E-state index contributed by atoms with van der Waals surface area (Å²) in [5, 5.41) is 17.3. The summed E-state index contributed by atoms with van der Waals surface area (Å²) in [6.07, 6.45) is 3.41. The van der Waals surface area contributed by atoms with Crippen LogP contribution in [-0.4, -0.2) is 16.2 Å². The van der Waals surface area contributed by atoms with E-state index < -0.39 is 5.97 Å². The van der Waals surface area contributed by atoms with Crippen molar-refractivity contribution >= 4 is 5.97 Å². The Morgan fingerprint density at radius 3 is 2.18 bits per heavy atom. The van der Waals surface area contributed by atoms with E-state index in [0.29, 0.717) is 25.4 Å². The smallest absolute Gasteiger partial charge is 0.303 e. The molecule has 1 radical (unpaired) electrons. The van der Waals surface area contributed by atoms with Crippen molar-refractivity contribution in [2.75, 3.05) is 0 Å². The van der Waals surface area contributed by atoms with Crippen LogP contribution in [0.5, 0.6) is 0 Å². The quantitative estimate of drug-likeness (QED) is 0.582. The van der Waals surface area contributed by atoms with Crippen LogP contribution in [0.25, 0.3) is 0 Å². The molecule has 3 heteroatoms. The van der Waals surface area contributed by atoms with Crippen molar-refractivity contribution in [1.29, 1.82) is 0 Å². The van der Waals surface area contributed by atoms with Crippen LogP contribution in [0.3, 0.4) is 0 Å². The van der Waals surface area contributed by atoms with Crippen LogP contribution < -0.4 is 0 Å². The minimum Gasteiger partial charge on any atom is -0.481 e. The van der Waals surface area contributed by atoms with E-state index in [1.54, 1.807) is 0 Å². The zero-order chi connectivity index (χ0) is 8.69. The van der Waals surface area contributed by atoms with Crippen LogP contribution in [0.4, 0.5) is 0 Å². The fourth-order valence-corrected chi connectivity index (χ4v) is 0.782. The number of carboxylic acid groups (broad SMARTS) is 1. The van der Waals surface area contributed by atoms with Crippen molar-refractivity contribution in [2.45, 2.75) is 39.0 Å². The summed E-state index contributed by atoms with van der Waals surface area (Å²) >= 11 is 0. The molecule has 0 unspecified atom stereocenters. The van der Waals surface area contributed by atoms with Gasteiger partial charge in [0.15, 0.2) is 0 Å². The Kier molecular flexibility index (Phi) is 5.84. The topological polar surface area (TPSA) is 57.5 Å². The van der Waals surface area contributed by atoms with E-state index in [1.165, 1.54) is 0 Å². The molecule has 0 aromatic carbocycles. The number of unbranched alkanes of at least 4 members (excludes halogenated alkanes) is 1. The maximum Gasteiger partial charge on any atom is 0.303 e. The third-order valence-electron chi connectivity index (χ3n) is 1.51. The van der Waals surface area contributed by atoms with E-state index in [2.05, 4.69) is 0 Å². The van der Waals surface area contributed by atoms with E-state index in [1.807, 2.05) is 6.92 Å². The monoisotopic (exact) mass is 159 g/mol. The summed E-state index contributed by atoms with van der Waals surface area (Å²) in [5.74, 6) is -0.763. The first-order chi connectivity index (χ1) is 5.16. The fourth-order valence-electron chi connectivity index (χ4n) is 0.782. The van der Waals surface area contributed by atoms with Crippen LogP contribution in [0.15, 0.2) is 0 Å². The first kappa shape index (κ1) is 10.4. The van der Waals surface area contributed by atoms with Crippen molar-refractivity contribution in [3.05, 3.63) is 6.10 Å². The molecule has 0 spiro atoms. The molecule has 0 saturated carbocycles. The molecule has 2 N–H and O–H groups in total. The Balaban J connectivity index is 3.08. The molecule has 0 aromatic rings. The third kappa shape index (κ3) is 7.33. The molecule has 11 heavy (non-hydrogen) atoms. The lowest BCUT2D eigenvalue weighted by Crippen LogP contribution is -1.96. The molecular formula is C8H15O3. The van der Waals surface area contributed by atoms with Gasteiger partial charge in [0.25, 0.3) is 0 Å². The van der Waals surface area contributed by atoms with Gasteiger partial charge in [0, 0.05) is 6.42 Å². The lowest BCUT2D eigenvalue weighted by Gasteiger charge is -2.03. The lowest BCUT2D eigenvalue weighted by molar-refractivity contribution is -0.137. The van der Waals surface area contributed by atoms with Crippen molar-refractivity contribution in [3.63, 3.8) is 0 Å². The second kappa shape index (κ2) is 6.16. The fraction of sp³-hybridized carbons (Fsp3) is 0.750. The van der Waals surface area contributed by atoms with E-state index in [0.717, 1.165) is 6.42 Å². The second-order valence-electron chi connectivity index (χ2n) is 2.52. The van der Waals surface area contributed by atoms with E-state index >= 15 is 0 Å². The predicted octanol–water partition coefficient (Wildman–Crippen LogP) is 1.95. The Hall–Kier alpha value is -0.570. The number of aliphatic hydroxyl groups is 1. The van der Waals surface area contributed by atoms with Gasteiger partial charge in [-0.25, -0.2) is 0 Å². The number of hydrogen-bond acceptors (Lipinski definition) is 2. The third-order valence-corrected chi connectivity index (χ3v) is 1.51. The molecule has 0 fully saturated rings. The van der Waals surface area contributed by atoms with Crippen LogP contribution >= 0.6 is 0 Å². The SMILES string of the molecule is CC[C](O)CCCCC(=O)O. The summed E-state index contributed by atoms with van der Waals surface area (Å²) in [6.45, 7) is 1.88. The highest BCUT2D eigenvalue weighted by molar-refractivity contribution is 5.66. The van der Waals surface area contributed by atoms with Gasteiger partial charge in [-0.2, -0.15) is 0 Å². The molecule has 0 heterocycles. The molecular weight excluding hydrogens is 144 g/mol. The van der Waals surface area contributed by atoms with Crippen LogP contribution in [-0.2, 0) is 4.79 Å². The Labute approximate surface area is 67.0 Å². The summed E-state index contributed by atoms with van der Waals surface area (Å²) in [6, 6.07) is 0. The molecule has 3 nitrogen and oxygen atoms in total. The molecule has 0 saturated heterocycles. The average Bonchev–Trinajstić information content (AvgIpc) is 1.97.